The molecule has 2 aromatic rings. The quantitative estimate of drug-likeness (QED) is 0.865. The molecule has 4 heteroatoms. The molecule has 1 aliphatic heterocycles. The van der Waals surface area contributed by atoms with Gasteiger partial charge in [0.25, 0.3) is 0 Å². The highest BCUT2D eigenvalue weighted by atomic mass is 79.9. The average Bonchev–Trinajstić information content (AvgIpc) is 2.83. The molecular weight excluding hydrogens is 336 g/mol. The summed E-state index contributed by atoms with van der Waals surface area (Å²) in [7, 11) is 0. The van der Waals surface area contributed by atoms with Gasteiger partial charge in [0.15, 0.2) is 0 Å². The van der Waals surface area contributed by atoms with Crippen molar-refractivity contribution >= 4 is 27.5 Å². The Kier molecular flexibility index (Phi) is 3.48. The van der Waals surface area contributed by atoms with Gasteiger partial charge in [-0.1, -0.05) is 51.8 Å². The molecule has 0 aliphatic carbocycles. The third-order valence-corrected chi connectivity index (χ3v) is 4.42. The summed E-state index contributed by atoms with van der Waals surface area (Å²) in [6, 6.07) is 16.3. The molecule has 0 radical (unpaired) electrons. The fourth-order valence-electron chi connectivity index (χ4n) is 2.66. The molecule has 0 saturated carbocycles. The normalized spacial score (nSPS) is 21.4. The molecule has 2 aromatic carbocycles. The first-order valence-electron chi connectivity index (χ1n) is 6.34. The first-order chi connectivity index (χ1) is 9.60. The van der Waals surface area contributed by atoms with Crippen LogP contribution in [0.1, 0.15) is 11.1 Å². The van der Waals surface area contributed by atoms with E-state index in [1.165, 1.54) is 11.1 Å². The van der Waals surface area contributed by atoms with Crippen LogP contribution < -0.4 is 11.1 Å². The highest BCUT2D eigenvalue weighted by molar-refractivity contribution is 9.10. The topological polar surface area (TPSA) is 38.0 Å². The number of hydrogen-bond donors (Lipinski definition) is 2. The maximum Gasteiger partial charge on any atom is 0.0932 e. The number of halogens is 2. The smallest absolute Gasteiger partial charge is 0.0932 e. The van der Waals surface area contributed by atoms with Crippen LogP contribution in [0.25, 0.3) is 0 Å². The van der Waals surface area contributed by atoms with E-state index in [9.17, 15) is 0 Å². The van der Waals surface area contributed by atoms with Gasteiger partial charge in [-0.2, -0.15) is 0 Å². The van der Waals surface area contributed by atoms with Crippen molar-refractivity contribution in [3.63, 3.8) is 0 Å². The lowest BCUT2D eigenvalue weighted by Crippen LogP contribution is -2.31. The molecule has 102 valence electrons. The zero-order chi connectivity index (χ0) is 14.2. The molecule has 1 unspecified atom stereocenters. The number of benzene rings is 2. The molecule has 3 rings (SSSR count). The summed E-state index contributed by atoms with van der Waals surface area (Å²) in [6.45, 7) is 0.747. The van der Waals surface area contributed by atoms with Crippen LogP contribution in [0.3, 0.4) is 0 Å². The summed E-state index contributed by atoms with van der Waals surface area (Å²) in [5, 5.41) is 3.97. The molecule has 0 spiro atoms. The van der Waals surface area contributed by atoms with Crippen molar-refractivity contribution in [2.45, 2.75) is 5.41 Å². The van der Waals surface area contributed by atoms with Crippen LogP contribution in [-0.2, 0) is 5.41 Å². The Balaban J connectivity index is 2.18. The van der Waals surface area contributed by atoms with Crippen LogP contribution in [0, 0.1) is 0 Å². The van der Waals surface area contributed by atoms with Crippen LogP contribution in [0.2, 0.25) is 5.02 Å². The predicted octanol–water partition coefficient (Wildman–Crippen LogP) is 3.79. The molecule has 0 bridgehead atoms. The van der Waals surface area contributed by atoms with Crippen molar-refractivity contribution in [1.82, 2.24) is 5.32 Å². The van der Waals surface area contributed by atoms with Gasteiger partial charge < -0.3 is 11.1 Å². The molecule has 1 aliphatic rings. The number of hydrogen-bond acceptors (Lipinski definition) is 2. The third-order valence-electron chi connectivity index (χ3n) is 3.67. The predicted molar refractivity (Wildman–Crippen MR) is 86.6 cm³/mol. The second-order valence-electron chi connectivity index (χ2n) is 4.94. The molecule has 0 amide bonds. The Morgan fingerprint density at radius 3 is 2.45 bits per heavy atom. The lowest BCUT2D eigenvalue weighted by atomic mass is 9.75. The van der Waals surface area contributed by atoms with Crippen molar-refractivity contribution in [2.75, 3.05) is 6.54 Å². The summed E-state index contributed by atoms with van der Waals surface area (Å²) >= 11 is 9.54. The molecule has 3 N–H and O–H groups in total. The van der Waals surface area contributed by atoms with Crippen LogP contribution in [0.15, 0.2) is 64.9 Å². The van der Waals surface area contributed by atoms with E-state index in [-0.39, 0.29) is 5.41 Å². The number of rotatable bonds is 2. The van der Waals surface area contributed by atoms with E-state index in [1.54, 1.807) is 0 Å². The van der Waals surface area contributed by atoms with E-state index in [2.05, 4.69) is 51.6 Å². The minimum atomic E-state index is -0.252. The molecular formula is C16H14BrClN2. The molecule has 1 atom stereocenters. The van der Waals surface area contributed by atoms with Gasteiger partial charge in [0, 0.05) is 16.0 Å². The summed E-state index contributed by atoms with van der Waals surface area (Å²) < 4.78 is 1.06. The fourth-order valence-corrected chi connectivity index (χ4v) is 3.18. The maximum absolute atomic E-state index is 6.00. The van der Waals surface area contributed by atoms with Crippen molar-refractivity contribution in [2.24, 2.45) is 5.73 Å². The Morgan fingerprint density at radius 2 is 1.85 bits per heavy atom. The van der Waals surface area contributed by atoms with Gasteiger partial charge in [0.2, 0.25) is 0 Å². The van der Waals surface area contributed by atoms with E-state index < -0.39 is 0 Å². The minimum Gasteiger partial charge on any atom is -0.386 e. The minimum absolute atomic E-state index is 0.252. The second kappa shape index (κ2) is 5.15. The Labute approximate surface area is 131 Å². The summed E-state index contributed by atoms with van der Waals surface area (Å²) in [5.41, 5.74) is 8.08. The van der Waals surface area contributed by atoms with Gasteiger partial charge in [0.1, 0.15) is 0 Å². The van der Waals surface area contributed by atoms with Gasteiger partial charge in [0.05, 0.1) is 11.2 Å². The highest BCUT2D eigenvalue weighted by Crippen LogP contribution is 2.38. The SMILES string of the molecule is NC1=CC(c2ccc(Cl)cc2)(c2cccc(Br)c2)CN1. The van der Waals surface area contributed by atoms with Gasteiger partial charge >= 0.3 is 0 Å². The van der Waals surface area contributed by atoms with E-state index in [1.807, 2.05) is 24.3 Å². The molecule has 20 heavy (non-hydrogen) atoms. The zero-order valence-electron chi connectivity index (χ0n) is 10.7. The van der Waals surface area contributed by atoms with Crippen LogP contribution in [0.5, 0.6) is 0 Å². The lowest BCUT2D eigenvalue weighted by molar-refractivity contribution is 0.642. The fraction of sp³-hybridized carbons (Fsp3) is 0.125. The molecule has 2 nitrogen and oxygen atoms in total. The van der Waals surface area contributed by atoms with Crippen LogP contribution >= 0.6 is 27.5 Å². The van der Waals surface area contributed by atoms with Gasteiger partial charge in [-0.25, -0.2) is 0 Å². The van der Waals surface area contributed by atoms with E-state index in [0.717, 1.165) is 16.0 Å². The largest absolute Gasteiger partial charge is 0.386 e. The molecule has 0 aromatic heterocycles. The monoisotopic (exact) mass is 348 g/mol. The van der Waals surface area contributed by atoms with E-state index in [0.29, 0.717) is 5.82 Å². The summed E-state index contributed by atoms with van der Waals surface area (Å²) in [6.07, 6.45) is 2.08. The Hall–Kier alpha value is -1.45. The molecule has 0 fully saturated rings. The van der Waals surface area contributed by atoms with Crippen molar-refractivity contribution in [3.05, 3.63) is 81.1 Å². The van der Waals surface area contributed by atoms with Crippen molar-refractivity contribution < 1.29 is 0 Å². The Bertz CT molecular complexity index is 666. The average molecular weight is 350 g/mol. The summed E-state index contributed by atoms with van der Waals surface area (Å²) in [5.74, 6) is 0.708. The lowest BCUT2D eigenvalue weighted by Gasteiger charge is -2.28. The third kappa shape index (κ3) is 2.32. The zero-order valence-corrected chi connectivity index (χ0v) is 13.1. The van der Waals surface area contributed by atoms with Gasteiger partial charge in [-0.05, 0) is 41.5 Å². The standard InChI is InChI=1S/C16H14BrClN2/c17-13-3-1-2-12(8-13)16(9-15(19)20-10-16)11-4-6-14(18)7-5-11/h1-9,20H,10,19H2. The molecule has 0 saturated heterocycles. The van der Waals surface area contributed by atoms with E-state index >= 15 is 0 Å². The van der Waals surface area contributed by atoms with E-state index in [4.69, 9.17) is 17.3 Å². The molecule has 1 heterocycles. The second-order valence-corrected chi connectivity index (χ2v) is 6.29. The maximum atomic E-state index is 6.00. The first-order valence-corrected chi connectivity index (χ1v) is 7.51. The Morgan fingerprint density at radius 1 is 1.10 bits per heavy atom. The number of nitrogens with one attached hydrogen (secondary N) is 1. The summed E-state index contributed by atoms with van der Waals surface area (Å²) in [4.78, 5) is 0. The van der Waals surface area contributed by atoms with Crippen LogP contribution in [0.4, 0.5) is 0 Å². The van der Waals surface area contributed by atoms with Crippen molar-refractivity contribution in [1.29, 1.82) is 0 Å². The van der Waals surface area contributed by atoms with Crippen molar-refractivity contribution in [3.8, 4) is 0 Å². The van der Waals surface area contributed by atoms with Gasteiger partial charge in [-0.15, -0.1) is 0 Å². The highest BCUT2D eigenvalue weighted by Gasteiger charge is 2.36. The number of nitrogens with two attached hydrogens (primary N) is 1. The van der Waals surface area contributed by atoms with Gasteiger partial charge in [-0.3, -0.25) is 0 Å². The first kappa shape index (κ1) is 13.5. The van der Waals surface area contributed by atoms with Crippen LogP contribution in [-0.4, -0.2) is 6.54 Å².